The molecule has 9 heteroatoms. The Balaban J connectivity index is 1.72. The molecule has 1 aliphatic heterocycles. The monoisotopic (exact) mass is 384 g/mol. The number of rotatable bonds is 5. The molecule has 1 aliphatic rings. The van der Waals surface area contributed by atoms with E-state index < -0.39 is 15.6 Å². The maximum atomic E-state index is 12.1. The molecule has 0 amide bonds. The Labute approximate surface area is 157 Å². The Kier molecular flexibility index (Phi) is 4.05. The molecule has 8 nitrogen and oxygen atoms in total. The summed E-state index contributed by atoms with van der Waals surface area (Å²) in [5.41, 5.74) is 3.18. The van der Waals surface area contributed by atoms with E-state index in [1.54, 1.807) is 17.8 Å². The quantitative estimate of drug-likeness (QED) is 0.724. The summed E-state index contributed by atoms with van der Waals surface area (Å²) in [7, 11) is -3.26. The lowest BCUT2D eigenvalue weighted by Crippen LogP contribution is -2.64. The summed E-state index contributed by atoms with van der Waals surface area (Å²) in [6.07, 6.45) is 7.54. The summed E-state index contributed by atoms with van der Waals surface area (Å²) in [6.45, 7) is 4.16. The van der Waals surface area contributed by atoms with Crippen molar-refractivity contribution in [1.29, 1.82) is 5.26 Å². The predicted molar refractivity (Wildman–Crippen MR) is 101 cm³/mol. The van der Waals surface area contributed by atoms with Crippen LogP contribution in [0.15, 0.2) is 30.9 Å². The number of aromatic amines is 1. The standard InChI is InChI=1S/C18H20N6O2S/c1-3-27(25,26)23-11-18(12-23,5-6-19)24-10-14(9-22-24)16-13(2)8-21-17-15(16)4-7-20-17/h4,7-10H,3,5,11-12H2,1-2H3,(H,20,21). The van der Waals surface area contributed by atoms with Crippen LogP contribution in [0.1, 0.15) is 18.9 Å². The summed E-state index contributed by atoms with van der Waals surface area (Å²) < 4.78 is 27.4. The molecule has 140 valence electrons. The average Bonchev–Trinajstić information content (AvgIpc) is 3.27. The van der Waals surface area contributed by atoms with Gasteiger partial charge in [0.2, 0.25) is 10.0 Å². The maximum Gasteiger partial charge on any atom is 0.213 e. The number of hydrogen-bond donors (Lipinski definition) is 1. The molecule has 0 spiro atoms. The van der Waals surface area contributed by atoms with Gasteiger partial charge in [0, 0.05) is 48.2 Å². The molecule has 1 saturated heterocycles. The number of nitrogens with zero attached hydrogens (tertiary/aromatic N) is 5. The lowest BCUT2D eigenvalue weighted by molar-refractivity contribution is 0.0719. The van der Waals surface area contributed by atoms with Gasteiger partial charge in [-0.15, -0.1) is 0 Å². The number of aromatic nitrogens is 4. The molecule has 0 bridgehead atoms. The van der Waals surface area contributed by atoms with Gasteiger partial charge in [0.25, 0.3) is 0 Å². The lowest BCUT2D eigenvalue weighted by atomic mass is 9.89. The topological polar surface area (TPSA) is 108 Å². The van der Waals surface area contributed by atoms with Crippen LogP contribution in [0, 0.1) is 18.3 Å². The van der Waals surface area contributed by atoms with E-state index in [1.165, 1.54) is 4.31 Å². The highest BCUT2D eigenvalue weighted by atomic mass is 32.2. The van der Waals surface area contributed by atoms with Gasteiger partial charge in [0.05, 0.1) is 24.4 Å². The third-order valence-corrected chi connectivity index (χ3v) is 7.02. The van der Waals surface area contributed by atoms with E-state index in [9.17, 15) is 13.7 Å². The van der Waals surface area contributed by atoms with Crippen LogP contribution >= 0.6 is 0 Å². The van der Waals surface area contributed by atoms with Gasteiger partial charge in [0.1, 0.15) is 11.2 Å². The van der Waals surface area contributed by atoms with E-state index >= 15 is 0 Å². The van der Waals surface area contributed by atoms with Gasteiger partial charge >= 0.3 is 0 Å². The third kappa shape index (κ3) is 2.72. The van der Waals surface area contributed by atoms with Crippen molar-refractivity contribution in [2.45, 2.75) is 25.8 Å². The van der Waals surface area contributed by atoms with Crippen molar-refractivity contribution in [2.24, 2.45) is 0 Å². The molecule has 0 saturated carbocycles. The summed E-state index contributed by atoms with van der Waals surface area (Å²) in [6, 6.07) is 4.17. The maximum absolute atomic E-state index is 12.1. The summed E-state index contributed by atoms with van der Waals surface area (Å²) in [5.74, 6) is 0.0572. The first-order valence-corrected chi connectivity index (χ1v) is 10.3. The number of hydrogen-bond acceptors (Lipinski definition) is 5. The molecule has 0 radical (unpaired) electrons. The average molecular weight is 384 g/mol. The van der Waals surface area contributed by atoms with Crippen molar-refractivity contribution in [3.8, 4) is 17.2 Å². The molecule has 0 unspecified atom stereocenters. The van der Waals surface area contributed by atoms with Gasteiger partial charge < -0.3 is 4.98 Å². The van der Waals surface area contributed by atoms with Crippen molar-refractivity contribution < 1.29 is 8.42 Å². The highest BCUT2D eigenvalue weighted by Gasteiger charge is 2.49. The molecule has 1 N–H and O–H groups in total. The SMILES string of the molecule is CCS(=O)(=O)N1CC(CC#N)(n2cc(-c3c(C)cnc4[nH]ccc34)cn2)C1. The van der Waals surface area contributed by atoms with Gasteiger partial charge in [-0.25, -0.2) is 13.4 Å². The number of nitriles is 1. The minimum absolute atomic E-state index is 0.0572. The van der Waals surface area contributed by atoms with Crippen molar-refractivity contribution in [1.82, 2.24) is 24.1 Å². The van der Waals surface area contributed by atoms with Gasteiger partial charge in [-0.3, -0.25) is 4.68 Å². The highest BCUT2D eigenvalue weighted by molar-refractivity contribution is 7.89. The molecule has 4 heterocycles. The number of sulfonamides is 1. The van der Waals surface area contributed by atoms with Crippen molar-refractivity contribution >= 4 is 21.1 Å². The fourth-order valence-electron chi connectivity index (χ4n) is 3.68. The van der Waals surface area contributed by atoms with Crippen molar-refractivity contribution in [3.63, 3.8) is 0 Å². The second kappa shape index (κ2) is 6.18. The zero-order valence-corrected chi connectivity index (χ0v) is 16.0. The smallest absolute Gasteiger partial charge is 0.213 e. The van der Waals surface area contributed by atoms with E-state index in [2.05, 4.69) is 21.1 Å². The first kappa shape index (κ1) is 17.7. The second-order valence-corrected chi connectivity index (χ2v) is 9.22. The van der Waals surface area contributed by atoms with Gasteiger partial charge in [0.15, 0.2) is 0 Å². The number of pyridine rings is 1. The molecule has 0 aromatic carbocycles. The Hall–Kier alpha value is -2.70. The second-order valence-electron chi connectivity index (χ2n) is 6.96. The molecule has 4 rings (SSSR count). The molecule has 1 fully saturated rings. The normalized spacial score (nSPS) is 16.9. The minimum Gasteiger partial charge on any atom is -0.346 e. The largest absolute Gasteiger partial charge is 0.346 e. The van der Waals surface area contributed by atoms with Crippen LogP contribution in [0.2, 0.25) is 0 Å². The number of aryl methyl sites for hydroxylation is 1. The zero-order valence-electron chi connectivity index (χ0n) is 15.2. The number of nitrogens with one attached hydrogen (secondary N) is 1. The molecular formula is C18H20N6O2S. The van der Waals surface area contributed by atoms with Crippen LogP contribution in [-0.4, -0.2) is 51.3 Å². The minimum atomic E-state index is -3.26. The van der Waals surface area contributed by atoms with Gasteiger partial charge in [-0.05, 0) is 25.5 Å². The summed E-state index contributed by atoms with van der Waals surface area (Å²) >= 11 is 0. The van der Waals surface area contributed by atoms with Crippen molar-refractivity contribution in [2.75, 3.05) is 18.8 Å². The zero-order chi connectivity index (χ0) is 19.2. The van der Waals surface area contributed by atoms with E-state index in [4.69, 9.17) is 0 Å². The highest BCUT2D eigenvalue weighted by Crippen LogP contribution is 2.36. The van der Waals surface area contributed by atoms with Crippen LogP contribution in [0.3, 0.4) is 0 Å². The van der Waals surface area contributed by atoms with E-state index in [0.717, 1.165) is 27.7 Å². The van der Waals surface area contributed by atoms with E-state index in [-0.39, 0.29) is 25.3 Å². The third-order valence-electron chi connectivity index (χ3n) is 5.24. The molecule has 0 atom stereocenters. The Morgan fingerprint density at radius 3 is 2.85 bits per heavy atom. The fraction of sp³-hybridized carbons (Fsp3) is 0.389. The van der Waals surface area contributed by atoms with Crippen LogP contribution in [-0.2, 0) is 15.6 Å². The van der Waals surface area contributed by atoms with Crippen LogP contribution in [0.4, 0.5) is 0 Å². The van der Waals surface area contributed by atoms with Crippen LogP contribution in [0.25, 0.3) is 22.2 Å². The van der Waals surface area contributed by atoms with Gasteiger partial charge in [-0.1, -0.05) is 0 Å². The van der Waals surface area contributed by atoms with Crippen molar-refractivity contribution in [3.05, 3.63) is 36.4 Å². The van der Waals surface area contributed by atoms with E-state index in [1.807, 2.05) is 31.6 Å². The molecule has 0 aliphatic carbocycles. The molecule has 27 heavy (non-hydrogen) atoms. The predicted octanol–water partition coefficient (Wildman–Crippen LogP) is 2.01. The lowest BCUT2D eigenvalue weighted by Gasteiger charge is -2.47. The fourth-order valence-corrected chi connectivity index (χ4v) is 4.92. The van der Waals surface area contributed by atoms with Crippen LogP contribution in [0.5, 0.6) is 0 Å². The van der Waals surface area contributed by atoms with E-state index in [0.29, 0.717) is 0 Å². The summed E-state index contributed by atoms with van der Waals surface area (Å²) in [5, 5.41) is 14.8. The number of H-pyrrole nitrogens is 1. The number of fused-ring (bicyclic) bond motifs is 1. The first-order chi connectivity index (χ1) is 12.9. The Bertz CT molecular complexity index is 1150. The molecule has 3 aromatic rings. The van der Waals surface area contributed by atoms with Crippen LogP contribution < -0.4 is 0 Å². The van der Waals surface area contributed by atoms with Gasteiger partial charge in [-0.2, -0.15) is 14.7 Å². The molecular weight excluding hydrogens is 364 g/mol. The Morgan fingerprint density at radius 1 is 1.37 bits per heavy atom. The summed E-state index contributed by atoms with van der Waals surface area (Å²) in [4.78, 5) is 7.50. The first-order valence-electron chi connectivity index (χ1n) is 8.73. The molecule has 3 aromatic heterocycles. The Morgan fingerprint density at radius 2 is 2.15 bits per heavy atom.